The predicted octanol–water partition coefficient (Wildman–Crippen LogP) is 0.633. The molecule has 42 valence electrons. The van der Waals surface area contributed by atoms with Crippen LogP contribution in [0.5, 0.6) is 0 Å². The number of nitriles is 1. The van der Waals surface area contributed by atoms with Crippen molar-refractivity contribution in [3.8, 4) is 6.07 Å². The Kier molecular flexibility index (Phi) is 1.53. The van der Waals surface area contributed by atoms with E-state index in [1.165, 1.54) is 0 Å². The van der Waals surface area contributed by atoms with Gasteiger partial charge in [0.15, 0.2) is 0 Å². The van der Waals surface area contributed by atoms with Crippen LogP contribution in [0.2, 0.25) is 0 Å². The summed E-state index contributed by atoms with van der Waals surface area (Å²) >= 11 is 0. The Balaban J connectivity index is 2.41. The van der Waals surface area contributed by atoms with E-state index in [-0.39, 0.29) is 5.92 Å². The molecule has 1 N–H and O–H groups in total. The zero-order valence-corrected chi connectivity index (χ0v) is 4.59. The quantitative estimate of drug-likeness (QED) is 0.494. The van der Waals surface area contributed by atoms with Crippen molar-refractivity contribution in [2.45, 2.75) is 6.42 Å². The Morgan fingerprint density at radius 3 is 3.00 bits per heavy atom. The number of nitrogens with zero attached hydrogens (tertiary/aromatic N) is 1. The first-order valence-corrected chi connectivity index (χ1v) is 2.71. The van der Waals surface area contributed by atoms with Gasteiger partial charge in [-0.3, -0.25) is 0 Å². The molecule has 0 spiro atoms. The minimum absolute atomic E-state index is 0.194. The molecule has 2 nitrogen and oxygen atoms in total. The van der Waals surface area contributed by atoms with E-state index in [9.17, 15) is 0 Å². The zero-order valence-electron chi connectivity index (χ0n) is 4.59. The van der Waals surface area contributed by atoms with E-state index in [1.807, 2.05) is 12.3 Å². The van der Waals surface area contributed by atoms with Crippen LogP contribution in [0.3, 0.4) is 0 Å². The molecule has 0 bridgehead atoms. The van der Waals surface area contributed by atoms with Crippen LogP contribution in [-0.2, 0) is 0 Å². The lowest BCUT2D eigenvalue weighted by atomic mass is 10.1. The molecule has 0 saturated heterocycles. The van der Waals surface area contributed by atoms with Crippen molar-refractivity contribution in [2.24, 2.45) is 5.92 Å². The summed E-state index contributed by atoms with van der Waals surface area (Å²) < 4.78 is 0. The summed E-state index contributed by atoms with van der Waals surface area (Å²) in [7, 11) is 0. The first-order chi connectivity index (χ1) is 3.93. The number of hydrogen-bond donors (Lipinski definition) is 1. The second-order valence-corrected chi connectivity index (χ2v) is 1.87. The highest BCUT2D eigenvalue weighted by molar-refractivity contribution is 4.97. The maximum absolute atomic E-state index is 8.37. The normalized spacial score (nSPS) is 26.1. The Morgan fingerprint density at radius 1 is 1.75 bits per heavy atom. The van der Waals surface area contributed by atoms with Crippen molar-refractivity contribution in [2.75, 3.05) is 6.54 Å². The topological polar surface area (TPSA) is 35.8 Å². The lowest BCUT2D eigenvalue weighted by molar-refractivity contribution is 0.606. The van der Waals surface area contributed by atoms with Crippen LogP contribution < -0.4 is 5.32 Å². The van der Waals surface area contributed by atoms with E-state index in [4.69, 9.17) is 5.26 Å². The van der Waals surface area contributed by atoms with E-state index in [1.54, 1.807) is 0 Å². The molecule has 0 amide bonds. The van der Waals surface area contributed by atoms with Gasteiger partial charge in [0.05, 0.1) is 12.0 Å². The largest absolute Gasteiger partial charge is 0.390 e. The van der Waals surface area contributed by atoms with Gasteiger partial charge in [0.25, 0.3) is 0 Å². The van der Waals surface area contributed by atoms with Gasteiger partial charge in [0, 0.05) is 6.54 Å². The van der Waals surface area contributed by atoms with Crippen molar-refractivity contribution < 1.29 is 0 Å². The monoisotopic (exact) mass is 108 g/mol. The van der Waals surface area contributed by atoms with Crippen molar-refractivity contribution in [3.63, 3.8) is 0 Å². The molecule has 1 aliphatic heterocycles. The van der Waals surface area contributed by atoms with Gasteiger partial charge in [0.2, 0.25) is 0 Å². The lowest BCUT2D eigenvalue weighted by Gasteiger charge is -2.09. The number of hydrogen-bond acceptors (Lipinski definition) is 2. The molecule has 0 radical (unpaired) electrons. The molecular formula is C6H8N2. The second kappa shape index (κ2) is 2.37. The summed E-state index contributed by atoms with van der Waals surface area (Å²) in [5.74, 6) is 0.194. The zero-order chi connectivity index (χ0) is 5.82. The Morgan fingerprint density at radius 2 is 2.62 bits per heavy atom. The molecule has 1 atom stereocenters. The summed E-state index contributed by atoms with van der Waals surface area (Å²) in [5, 5.41) is 11.3. The Labute approximate surface area is 48.8 Å². The van der Waals surface area contributed by atoms with E-state index in [0.717, 1.165) is 13.0 Å². The molecule has 1 rings (SSSR count). The van der Waals surface area contributed by atoms with E-state index in [0.29, 0.717) is 0 Å². The SMILES string of the molecule is N#CC1CC=CNC1. The summed E-state index contributed by atoms with van der Waals surface area (Å²) in [6.45, 7) is 0.812. The summed E-state index contributed by atoms with van der Waals surface area (Å²) in [6.07, 6.45) is 4.79. The van der Waals surface area contributed by atoms with Crippen molar-refractivity contribution in [3.05, 3.63) is 12.3 Å². The van der Waals surface area contributed by atoms with Crippen LogP contribution >= 0.6 is 0 Å². The number of allylic oxidation sites excluding steroid dienone is 1. The van der Waals surface area contributed by atoms with Crippen molar-refractivity contribution in [1.29, 1.82) is 5.26 Å². The lowest BCUT2D eigenvalue weighted by Crippen LogP contribution is -2.19. The first-order valence-electron chi connectivity index (χ1n) is 2.71. The average Bonchev–Trinajstić information content (AvgIpc) is 1.90. The van der Waals surface area contributed by atoms with Gasteiger partial charge in [-0.2, -0.15) is 5.26 Å². The Hall–Kier alpha value is -0.970. The van der Waals surface area contributed by atoms with E-state index < -0.39 is 0 Å². The average molecular weight is 108 g/mol. The molecule has 0 aromatic rings. The van der Waals surface area contributed by atoms with E-state index >= 15 is 0 Å². The molecule has 0 fully saturated rings. The third-order valence-electron chi connectivity index (χ3n) is 1.20. The van der Waals surface area contributed by atoms with Gasteiger partial charge in [-0.1, -0.05) is 6.08 Å². The maximum atomic E-state index is 8.37. The third kappa shape index (κ3) is 1.00. The third-order valence-corrected chi connectivity index (χ3v) is 1.20. The number of nitrogens with one attached hydrogen (secondary N) is 1. The smallest absolute Gasteiger partial charge is 0.0677 e. The van der Waals surface area contributed by atoms with Gasteiger partial charge < -0.3 is 5.32 Å². The molecule has 1 aliphatic rings. The molecule has 0 saturated carbocycles. The highest BCUT2D eigenvalue weighted by Crippen LogP contribution is 2.03. The highest BCUT2D eigenvalue weighted by Gasteiger charge is 2.05. The fraction of sp³-hybridized carbons (Fsp3) is 0.500. The molecule has 0 aliphatic carbocycles. The van der Waals surface area contributed by atoms with Crippen molar-refractivity contribution >= 4 is 0 Å². The molecule has 0 aromatic carbocycles. The Bertz CT molecular complexity index is 132. The van der Waals surface area contributed by atoms with Crippen LogP contribution in [-0.4, -0.2) is 6.54 Å². The molecule has 1 heterocycles. The standard InChI is InChI=1S/C6H8N2/c7-4-6-2-1-3-8-5-6/h1,3,6,8H,2,5H2. The van der Waals surface area contributed by atoms with Crippen LogP contribution in [0.15, 0.2) is 12.3 Å². The molecule has 2 heteroatoms. The molecule has 0 aromatic heterocycles. The molecule has 1 unspecified atom stereocenters. The minimum Gasteiger partial charge on any atom is -0.390 e. The predicted molar refractivity (Wildman–Crippen MR) is 30.9 cm³/mol. The van der Waals surface area contributed by atoms with Crippen molar-refractivity contribution in [1.82, 2.24) is 5.32 Å². The summed E-state index contributed by atoms with van der Waals surface area (Å²) in [6, 6.07) is 2.19. The minimum atomic E-state index is 0.194. The van der Waals surface area contributed by atoms with Gasteiger partial charge in [-0.25, -0.2) is 0 Å². The van der Waals surface area contributed by atoms with Gasteiger partial charge in [0.1, 0.15) is 0 Å². The van der Waals surface area contributed by atoms with Crippen LogP contribution in [0.1, 0.15) is 6.42 Å². The van der Waals surface area contributed by atoms with Gasteiger partial charge in [-0.05, 0) is 12.6 Å². The van der Waals surface area contributed by atoms with E-state index in [2.05, 4.69) is 11.4 Å². The number of rotatable bonds is 0. The summed E-state index contributed by atoms with van der Waals surface area (Å²) in [5.41, 5.74) is 0. The second-order valence-electron chi connectivity index (χ2n) is 1.87. The summed E-state index contributed by atoms with van der Waals surface area (Å²) in [4.78, 5) is 0. The van der Waals surface area contributed by atoms with Gasteiger partial charge in [-0.15, -0.1) is 0 Å². The fourth-order valence-corrected chi connectivity index (χ4v) is 0.708. The van der Waals surface area contributed by atoms with Crippen LogP contribution in [0.25, 0.3) is 0 Å². The molecule has 8 heavy (non-hydrogen) atoms. The van der Waals surface area contributed by atoms with Crippen LogP contribution in [0, 0.1) is 17.2 Å². The highest BCUT2D eigenvalue weighted by atomic mass is 14.8. The van der Waals surface area contributed by atoms with Crippen LogP contribution in [0.4, 0.5) is 0 Å². The fourth-order valence-electron chi connectivity index (χ4n) is 0.708. The first kappa shape index (κ1) is 5.17. The van der Waals surface area contributed by atoms with Gasteiger partial charge >= 0.3 is 0 Å². The molecular weight excluding hydrogens is 100 g/mol. The maximum Gasteiger partial charge on any atom is 0.0677 e.